The van der Waals surface area contributed by atoms with Crippen LogP contribution in [0.3, 0.4) is 0 Å². The Morgan fingerprint density at radius 3 is 2.04 bits per heavy atom. The first kappa shape index (κ1) is 16.6. The number of non-ortho nitro benzene ring substituents is 1. The number of rotatable bonds is 4. The third-order valence-corrected chi connectivity index (χ3v) is 5.55. The van der Waals surface area contributed by atoms with Crippen LogP contribution in [0.2, 0.25) is 0 Å². The predicted octanol–water partition coefficient (Wildman–Crippen LogP) is 0.573. The van der Waals surface area contributed by atoms with Crippen LogP contribution in [0, 0.1) is 21.4 Å². The molecule has 0 radical (unpaired) electrons. The molecule has 0 spiro atoms. The first-order valence-corrected chi connectivity index (χ1v) is 8.73. The molecule has 0 atom stereocenters. The Morgan fingerprint density at radius 1 is 1.00 bits per heavy atom. The number of nitro benzene ring substituents is 1. The molecule has 0 fully saturated rings. The van der Waals surface area contributed by atoms with Gasteiger partial charge in [0.2, 0.25) is 0 Å². The van der Waals surface area contributed by atoms with E-state index in [1.54, 1.807) is 42.5 Å². The van der Waals surface area contributed by atoms with Crippen LogP contribution in [0.15, 0.2) is 60.2 Å². The van der Waals surface area contributed by atoms with Crippen LogP contribution in [-0.4, -0.2) is 31.7 Å². The van der Waals surface area contributed by atoms with Crippen molar-refractivity contribution in [1.82, 2.24) is 0 Å². The molecule has 0 bridgehead atoms. The minimum atomic E-state index is -0.624. The van der Waals surface area contributed by atoms with Crippen LogP contribution in [0.5, 0.6) is 0 Å². The van der Waals surface area contributed by atoms with Crippen molar-refractivity contribution in [2.45, 2.75) is 0 Å². The minimum absolute atomic E-state index is 0.0433. The summed E-state index contributed by atoms with van der Waals surface area (Å²) in [5, 5.41) is 19.5. The summed E-state index contributed by atoms with van der Waals surface area (Å²) >= 11 is -0.0667. The number of amides is 2. The molecule has 0 aromatic heterocycles. The quantitative estimate of drug-likeness (QED) is 0.324. The van der Waals surface area contributed by atoms with Crippen molar-refractivity contribution < 1.29 is 14.5 Å². The molecule has 1 aliphatic heterocycles. The Bertz CT molecular complexity index is 943. The number of hydrogen-bond donors (Lipinski definition) is 0. The number of anilines is 1. The van der Waals surface area contributed by atoms with E-state index in [2.05, 4.69) is 0 Å². The summed E-state index contributed by atoms with van der Waals surface area (Å²) in [6.07, 6.45) is 1.02. The summed E-state index contributed by atoms with van der Waals surface area (Å²) in [5.74, 6) is -1.16. The number of nitrogens with zero attached hydrogens (tertiary/aromatic N) is 3. The molecule has 8 heteroatoms. The molecule has 0 aliphatic carbocycles. The number of carbonyl (C=O) groups is 2. The van der Waals surface area contributed by atoms with Gasteiger partial charge in [0.15, 0.2) is 0 Å². The number of benzene rings is 2. The summed E-state index contributed by atoms with van der Waals surface area (Å²) in [6.45, 7) is 0. The third-order valence-electron chi connectivity index (χ3n) is 3.42. The summed E-state index contributed by atoms with van der Waals surface area (Å²) in [4.78, 5) is 35.0. The Labute approximate surface area is 148 Å². The molecule has 3 rings (SSSR count). The van der Waals surface area contributed by atoms with Crippen LogP contribution < -0.4 is 13.8 Å². The first-order valence-electron chi connectivity index (χ1n) is 7.02. The van der Waals surface area contributed by atoms with Gasteiger partial charge in [0, 0.05) is 0 Å². The van der Waals surface area contributed by atoms with Gasteiger partial charge in [-0.15, -0.1) is 0 Å². The van der Waals surface area contributed by atoms with Gasteiger partial charge >= 0.3 is 148 Å². The SMILES string of the molecule is N#CC1=CC(=O)N(c2ccc([Se]c3ccc([N+](=O)[O-])cc3)cc2)C1=O. The van der Waals surface area contributed by atoms with Crippen molar-refractivity contribution in [2.24, 2.45) is 0 Å². The number of carbonyl (C=O) groups excluding carboxylic acids is 2. The van der Waals surface area contributed by atoms with Crippen molar-refractivity contribution in [3.05, 3.63) is 70.3 Å². The molecule has 0 saturated carbocycles. The fraction of sp³-hybridized carbons (Fsp3) is 0. The van der Waals surface area contributed by atoms with Gasteiger partial charge in [-0.2, -0.15) is 0 Å². The molecule has 0 saturated heterocycles. The van der Waals surface area contributed by atoms with Gasteiger partial charge in [-0.1, -0.05) is 0 Å². The zero-order valence-electron chi connectivity index (χ0n) is 12.6. The van der Waals surface area contributed by atoms with Gasteiger partial charge in [-0.05, 0) is 0 Å². The summed E-state index contributed by atoms with van der Waals surface area (Å²) < 4.78 is 1.95. The van der Waals surface area contributed by atoms with E-state index in [4.69, 9.17) is 5.26 Å². The predicted molar refractivity (Wildman–Crippen MR) is 90.7 cm³/mol. The van der Waals surface area contributed by atoms with E-state index < -0.39 is 16.7 Å². The number of nitriles is 1. The van der Waals surface area contributed by atoms with E-state index >= 15 is 0 Å². The van der Waals surface area contributed by atoms with Crippen molar-refractivity contribution >= 4 is 47.1 Å². The Hall–Kier alpha value is -3.27. The van der Waals surface area contributed by atoms with E-state index in [1.807, 2.05) is 0 Å². The van der Waals surface area contributed by atoms with Crippen molar-refractivity contribution in [3.63, 3.8) is 0 Å². The number of nitro groups is 1. The standard InChI is InChI=1S/C17H9N3O4Se/c18-10-11-9-16(21)19(17(11)22)12-1-5-14(6-2-12)25-15-7-3-13(4-8-15)20(23)24/h1-9H. The van der Waals surface area contributed by atoms with Crippen molar-refractivity contribution in [2.75, 3.05) is 4.90 Å². The number of hydrogen-bond acceptors (Lipinski definition) is 5. The van der Waals surface area contributed by atoms with E-state index in [0.29, 0.717) is 5.69 Å². The molecular formula is C17H9N3O4Se. The van der Waals surface area contributed by atoms with Crippen LogP contribution >= 0.6 is 0 Å². The second kappa shape index (κ2) is 6.69. The van der Waals surface area contributed by atoms with Gasteiger partial charge in [0.25, 0.3) is 0 Å². The maximum absolute atomic E-state index is 12.0. The Kier molecular flexibility index (Phi) is 4.44. The van der Waals surface area contributed by atoms with E-state index in [1.165, 1.54) is 12.1 Å². The molecule has 0 unspecified atom stereocenters. The van der Waals surface area contributed by atoms with Crippen LogP contribution in [0.25, 0.3) is 0 Å². The number of imide groups is 1. The summed E-state index contributed by atoms with van der Waals surface area (Å²) in [6, 6.07) is 14.9. The summed E-state index contributed by atoms with van der Waals surface area (Å²) in [5.41, 5.74) is 0.269. The van der Waals surface area contributed by atoms with Crippen LogP contribution in [-0.2, 0) is 9.59 Å². The third kappa shape index (κ3) is 3.33. The molecule has 0 N–H and O–H groups in total. The van der Waals surface area contributed by atoms with Gasteiger partial charge in [-0.25, -0.2) is 0 Å². The molecule has 25 heavy (non-hydrogen) atoms. The van der Waals surface area contributed by atoms with E-state index in [9.17, 15) is 19.7 Å². The Morgan fingerprint density at radius 2 is 1.56 bits per heavy atom. The van der Waals surface area contributed by atoms with Crippen molar-refractivity contribution in [3.8, 4) is 6.07 Å². The van der Waals surface area contributed by atoms with Gasteiger partial charge in [0.05, 0.1) is 0 Å². The molecule has 2 aromatic rings. The first-order chi connectivity index (χ1) is 12.0. The topological polar surface area (TPSA) is 104 Å². The zero-order chi connectivity index (χ0) is 18.0. The van der Waals surface area contributed by atoms with Crippen LogP contribution in [0.1, 0.15) is 0 Å². The maximum atomic E-state index is 12.0. The normalized spacial score (nSPS) is 13.6. The molecular weight excluding hydrogens is 389 g/mol. The molecule has 2 amide bonds. The fourth-order valence-electron chi connectivity index (χ4n) is 2.23. The summed E-state index contributed by atoms with van der Waals surface area (Å²) in [7, 11) is 0. The van der Waals surface area contributed by atoms with Crippen LogP contribution in [0.4, 0.5) is 11.4 Å². The van der Waals surface area contributed by atoms with Gasteiger partial charge in [0.1, 0.15) is 0 Å². The molecule has 1 heterocycles. The van der Waals surface area contributed by atoms with Gasteiger partial charge < -0.3 is 0 Å². The second-order valence-corrected chi connectivity index (χ2v) is 7.40. The molecule has 122 valence electrons. The Balaban J connectivity index is 1.75. The van der Waals surface area contributed by atoms with Gasteiger partial charge in [-0.3, -0.25) is 0 Å². The average molecular weight is 398 g/mol. The fourth-order valence-corrected chi connectivity index (χ4v) is 3.94. The second-order valence-electron chi connectivity index (χ2n) is 5.00. The van der Waals surface area contributed by atoms with Crippen molar-refractivity contribution in [1.29, 1.82) is 5.26 Å². The van der Waals surface area contributed by atoms with E-state index in [-0.39, 0.29) is 26.2 Å². The molecule has 2 aromatic carbocycles. The van der Waals surface area contributed by atoms with E-state index in [0.717, 1.165) is 19.9 Å². The molecule has 1 aliphatic rings. The zero-order valence-corrected chi connectivity index (χ0v) is 14.3. The monoisotopic (exact) mass is 399 g/mol. The molecule has 7 nitrogen and oxygen atoms in total. The average Bonchev–Trinajstić information content (AvgIpc) is 2.90.